The Hall–Kier alpha value is -1.80. The van der Waals surface area contributed by atoms with Gasteiger partial charge in [-0.05, 0) is 44.0 Å². The van der Waals surface area contributed by atoms with Crippen LogP contribution in [0.3, 0.4) is 0 Å². The highest BCUT2D eigenvalue weighted by atomic mass is 35.5. The Labute approximate surface area is 117 Å². The zero-order chi connectivity index (χ0) is 13.6. The maximum absolute atomic E-state index is 6.14. The maximum Gasteiger partial charge on any atom is 0.138 e. The van der Waals surface area contributed by atoms with Crippen molar-refractivity contribution < 1.29 is 0 Å². The summed E-state index contributed by atoms with van der Waals surface area (Å²) >= 11 is 6.14. The van der Waals surface area contributed by atoms with E-state index in [1.807, 2.05) is 19.1 Å². The van der Waals surface area contributed by atoms with Crippen LogP contribution in [0.25, 0.3) is 22.4 Å². The average molecular weight is 271 g/mol. The van der Waals surface area contributed by atoms with Gasteiger partial charge in [0.05, 0.1) is 11.0 Å². The summed E-state index contributed by atoms with van der Waals surface area (Å²) in [5.74, 6) is 0.897. The molecule has 0 aliphatic rings. The maximum atomic E-state index is 6.14. The molecule has 0 radical (unpaired) electrons. The van der Waals surface area contributed by atoms with Crippen molar-refractivity contribution in [1.29, 1.82) is 0 Å². The summed E-state index contributed by atoms with van der Waals surface area (Å²) in [6.45, 7) is 6.20. The molecular formula is C16H15ClN2. The highest BCUT2D eigenvalue weighted by molar-refractivity contribution is 6.32. The van der Waals surface area contributed by atoms with Gasteiger partial charge in [0.1, 0.15) is 5.82 Å². The topological polar surface area (TPSA) is 28.7 Å². The van der Waals surface area contributed by atoms with Crippen molar-refractivity contribution >= 4 is 22.6 Å². The van der Waals surface area contributed by atoms with Crippen molar-refractivity contribution in [2.45, 2.75) is 20.8 Å². The molecule has 1 N–H and O–H groups in total. The number of nitrogens with zero attached hydrogens (tertiary/aromatic N) is 1. The van der Waals surface area contributed by atoms with Gasteiger partial charge in [-0.25, -0.2) is 4.98 Å². The molecule has 3 heteroatoms. The number of hydrogen-bond acceptors (Lipinski definition) is 1. The van der Waals surface area contributed by atoms with Gasteiger partial charge in [-0.2, -0.15) is 0 Å². The number of benzene rings is 2. The Morgan fingerprint density at radius 2 is 1.79 bits per heavy atom. The van der Waals surface area contributed by atoms with Crippen LogP contribution in [0.2, 0.25) is 5.02 Å². The third-order valence-electron chi connectivity index (χ3n) is 3.40. The van der Waals surface area contributed by atoms with E-state index in [1.165, 1.54) is 11.1 Å². The molecule has 0 saturated carbocycles. The molecule has 1 aromatic heterocycles. The zero-order valence-electron chi connectivity index (χ0n) is 11.2. The van der Waals surface area contributed by atoms with E-state index in [2.05, 4.69) is 42.0 Å². The minimum absolute atomic E-state index is 0.756. The Kier molecular flexibility index (Phi) is 2.83. The minimum Gasteiger partial charge on any atom is -0.338 e. The van der Waals surface area contributed by atoms with Crippen LogP contribution < -0.4 is 0 Å². The van der Waals surface area contributed by atoms with Gasteiger partial charge in [0.25, 0.3) is 0 Å². The molecule has 96 valence electrons. The minimum atomic E-state index is 0.756. The monoisotopic (exact) mass is 270 g/mol. The molecule has 19 heavy (non-hydrogen) atoms. The Morgan fingerprint density at radius 3 is 2.53 bits per heavy atom. The van der Waals surface area contributed by atoms with Crippen LogP contribution in [0.4, 0.5) is 0 Å². The van der Waals surface area contributed by atoms with Crippen LogP contribution in [0.5, 0.6) is 0 Å². The number of nitrogens with one attached hydrogen (secondary N) is 1. The largest absolute Gasteiger partial charge is 0.338 e. The van der Waals surface area contributed by atoms with Gasteiger partial charge in [0.15, 0.2) is 0 Å². The van der Waals surface area contributed by atoms with Gasteiger partial charge >= 0.3 is 0 Å². The predicted octanol–water partition coefficient (Wildman–Crippen LogP) is 4.81. The third-order valence-corrected chi connectivity index (χ3v) is 3.81. The second kappa shape index (κ2) is 4.39. The number of aromatic nitrogens is 2. The summed E-state index contributed by atoms with van der Waals surface area (Å²) in [7, 11) is 0. The average Bonchev–Trinajstić information content (AvgIpc) is 2.72. The number of halogens is 1. The van der Waals surface area contributed by atoms with Crippen LogP contribution in [0, 0.1) is 20.8 Å². The van der Waals surface area contributed by atoms with E-state index in [0.29, 0.717) is 0 Å². The standard InChI is InChI=1S/C16H15ClN2/c1-9-4-5-12(10(2)6-9)16-18-14-7-11(3)13(17)8-15(14)19-16/h4-8H,1-3H3,(H,18,19). The number of aryl methyl sites for hydroxylation is 3. The number of rotatable bonds is 1. The van der Waals surface area contributed by atoms with Gasteiger partial charge in [0, 0.05) is 10.6 Å². The number of hydrogen-bond donors (Lipinski definition) is 1. The molecule has 0 amide bonds. The molecule has 2 nitrogen and oxygen atoms in total. The van der Waals surface area contributed by atoms with E-state index in [-0.39, 0.29) is 0 Å². The molecule has 0 aliphatic carbocycles. The van der Waals surface area contributed by atoms with Gasteiger partial charge in [-0.1, -0.05) is 35.4 Å². The van der Waals surface area contributed by atoms with Crippen molar-refractivity contribution in [3.05, 3.63) is 52.0 Å². The molecule has 3 aromatic rings. The Morgan fingerprint density at radius 1 is 1.00 bits per heavy atom. The molecule has 0 unspecified atom stereocenters. The number of fused-ring (bicyclic) bond motifs is 1. The fraction of sp³-hybridized carbons (Fsp3) is 0.188. The molecule has 1 heterocycles. The quantitative estimate of drug-likeness (QED) is 0.675. The van der Waals surface area contributed by atoms with Gasteiger partial charge in [0.2, 0.25) is 0 Å². The lowest BCUT2D eigenvalue weighted by Crippen LogP contribution is -1.86. The van der Waals surface area contributed by atoms with Crippen LogP contribution in [0.1, 0.15) is 16.7 Å². The number of imidazole rings is 1. The third kappa shape index (κ3) is 2.13. The highest BCUT2D eigenvalue weighted by Gasteiger charge is 2.09. The Bertz CT molecular complexity index is 733. The SMILES string of the molecule is Cc1ccc(-c2nc3cc(Cl)c(C)cc3[nH]2)c(C)c1. The fourth-order valence-electron chi connectivity index (χ4n) is 2.35. The first-order valence-corrected chi connectivity index (χ1v) is 6.66. The second-order valence-electron chi connectivity index (χ2n) is 5.02. The normalized spacial score (nSPS) is 11.2. The molecule has 0 spiro atoms. The van der Waals surface area contributed by atoms with Crippen LogP contribution in [-0.4, -0.2) is 9.97 Å². The molecule has 0 atom stereocenters. The summed E-state index contributed by atoms with van der Waals surface area (Å²) in [6, 6.07) is 10.3. The summed E-state index contributed by atoms with van der Waals surface area (Å²) in [5, 5.41) is 0.756. The van der Waals surface area contributed by atoms with E-state index in [4.69, 9.17) is 11.6 Å². The van der Waals surface area contributed by atoms with Crippen molar-refractivity contribution in [2.75, 3.05) is 0 Å². The lowest BCUT2D eigenvalue weighted by molar-refractivity contribution is 1.29. The molecule has 0 saturated heterocycles. The number of aromatic amines is 1. The van der Waals surface area contributed by atoms with E-state index in [9.17, 15) is 0 Å². The number of H-pyrrole nitrogens is 1. The van der Waals surface area contributed by atoms with E-state index in [0.717, 1.165) is 33.0 Å². The summed E-state index contributed by atoms with van der Waals surface area (Å²) in [6.07, 6.45) is 0. The van der Waals surface area contributed by atoms with Gasteiger partial charge in [-0.3, -0.25) is 0 Å². The van der Waals surface area contributed by atoms with E-state index >= 15 is 0 Å². The Balaban J connectivity index is 2.20. The van der Waals surface area contributed by atoms with Crippen molar-refractivity contribution in [2.24, 2.45) is 0 Å². The van der Waals surface area contributed by atoms with Crippen LogP contribution in [-0.2, 0) is 0 Å². The van der Waals surface area contributed by atoms with Crippen LogP contribution in [0.15, 0.2) is 30.3 Å². The van der Waals surface area contributed by atoms with Crippen molar-refractivity contribution in [1.82, 2.24) is 9.97 Å². The van der Waals surface area contributed by atoms with E-state index < -0.39 is 0 Å². The molecular weight excluding hydrogens is 256 g/mol. The van der Waals surface area contributed by atoms with Crippen LogP contribution >= 0.6 is 11.6 Å². The summed E-state index contributed by atoms with van der Waals surface area (Å²) < 4.78 is 0. The lowest BCUT2D eigenvalue weighted by Gasteiger charge is -2.03. The second-order valence-corrected chi connectivity index (χ2v) is 5.43. The summed E-state index contributed by atoms with van der Waals surface area (Å²) in [4.78, 5) is 8.01. The first kappa shape index (κ1) is 12.2. The lowest BCUT2D eigenvalue weighted by atomic mass is 10.1. The molecule has 0 bridgehead atoms. The smallest absolute Gasteiger partial charge is 0.138 e. The predicted molar refractivity (Wildman–Crippen MR) is 80.8 cm³/mol. The first-order chi connectivity index (χ1) is 9.04. The molecule has 0 aliphatic heterocycles. The van der Waals surface area contributed by atoms with Gasteiger partial charge < -0.3 is 4.98 Å². The first-order valence-electron chi connectivity index (χ1n) is 6.28. The molecule has 0 fully saturated rings. The highest BCUT2D eigenvalue weighted by Crippen LogP contribution is 2.27. The molecule has 2 aromatic carbocycles. The van der Waals surface area contributed by atoms with Crippen molar-refractivity contribution in [3.63, 3.8) is 0 Å². The summed E-state index contributed by atoms with van der Waals surface area (Å²) in [5.41, 5.74) is 6.61. The van der Waals surface area contributed by atoms with Crippen molar-refractivity contribution in [3.8, 4) is 11.4 Å². The van der Waals surface area contributed by atoms with E-state index in [1.54, 1.807) is 0 Å². The zero-order valence-corrected chi connectivity index (χ0v) is 12.0. The van der Waals surface area contributed by atoms with Gasteiger partial charge in [-0.15, -0.1) is 0 Å². The molecule has 3 rings (SSSR count). The fourth-order valence-corrected chi connectivity index (χ4v) is 2.50.